The van der Waals surface area contributed by atoms with Crippen LogP contribution in [0.4, 0.5) is 0 Å². The summed E-state index contributed by atoms with van der Waals surface area (Å²) in [5.41, 5.74) is 2.30. The predicted octanol–water partition coefficient (Wildman–Crippen LogP) is 7.96. The normalized spacial score (nSPS) is 43.5. The predicted molar refractivity (Wildman–Crippen MR) is 141 cm³/mol. The molecule has 1 N–H and O–H groups in total. The second kappa shape index (κ2) is 7.40. The van der Waals surface area contributed by atoms with Crippen LogP contribution in [0.3, 0.4) is 0 Å². The highest BCUT2D eigenvalue weighted by atomic mass is 32.1. The fourth-order valence-corrected chi connectivity index (χ4v) is 12.3. The van der Waals surface area contributed by atoms with Gasteiger partial charge in [-0.1, -0.05) is 59.4 Å². The van der Waals surface area contributed by atoms with Gasteiger partial charge in [0.25, 0.3) is 0 Å². The Hall–Kier alpha value is -0.713. The molecule has 1 heterocycles. The molecule has 0 aliphatic heterocycles. The number of aliphatic hydroxyl groups is 1. The molecule has 0 spiro atoms. The van der Waals surface area contributed by atoms with Crippen molar-refractivity contribution in [2.45, 2.75) is 109 Å². The van der Waals surface area contributed by atoms with Crippen LogP contribution in [-0.4, -0.2) is 19.0 Å². The summed E-state index contributed by atoms with van der Waals surface area (Å²) in [6, 6.07) is 2.15. The summed E-state index contributed by atoms with van der Waals surface area (Å²) in [4.78, 5) is 13.5. The van der Waals surface area contributed by atoms with Gasteiger partial charge in [-0.05, 0) is 89.1 Å². The summed E-state index contributed by atoms with van der Waals surface area (Å²) in [5.74, 6) is 2.39. The lowest BCUT2D eigenvalue weighted by molar-refractivity contribution is -0.132. The first kappa shape index (κ1) is 24.0. The van der Waals surface area contributed by atoms with Crippen molar-refractivity contribution >= 4 is 25.2 Å². The number of hydrogen-bond donors (Lipinski definition) is 1. The number of rotatable bonds is 2. The number of carbonyl (C=O) groups excluding carboxylic acids is 1. The van der Waals surface area contributed by atoms with Gasteiger partial charge in [-0.25, -0.2) is 0 Å². The Kier molecular flexibility index (Phi) is 5.38. The van der Waals surface area contributed by atoms with Crippen molar-refractivity contribution in [1.82, 2.24) is 0 Å². The Balaban J connectivity index is 1.49. The maximum atomic E-state index is 13.5. The van der Waals surface area contributed by atoms with Crippen molar-refractivity contribution in [2.24, 2.45) is 28.6 Å². The number of Topliss-reactive ketones (excluding diaryl/α,β-unsaturated/α-hetero) is 1. The van der Waals surface area contributed by atoms with Gasteiger partial charge in [0.1, 0.15) is 5.78 Å². The van der Waals surface area contributed by atoms with Crippen LogP contribution in [0.1, 0.15) is 85.1 Å². The fraction of sp³-hybridized carbons (Fsp3) is 0.759. The van der Waals surface area contributed by atoms with Crippen molar-refractivity contribution < 1.29 is 9.90 Å². The third kappa shape index (κ3) is 3.15. The first-order valence-electron chi connectivity index (χ1n) is 13.2. The largest absolute Gasteiger partial charge is 0.385 e. The van der Waals surface area contributed by atoms with Gasteiger partial charge >= 0.3 is 0 Å². The molecule has 33 heavy (non-hydrogen) atoms. The lowest BCUT2D eigenvalue weighted by Gasteiger charge is -2.60. The van der Waals surface area contributed by atoms with Crippen LogP contribution in [0, 0.1) is 28.6 Å². The van der Waals surface area contributed by atoms with Crippen molar-refractivity contribution in [1.29, 1.82) is 0 Å². The average Bonchev–Trinajstić information content (AvgIpc) is 3.35. The van der Waals surface area contributed by atoms with Gasteiger partial charge in [0.15, 0.2) is 0 Å². The monoisotopic (exact) mass is 484 g/mol. The highest BCUT2D eigenvalue weighted by Crippen LogP contribution is 2.70. The van der Waals surface area contributed by atoms with Crippen LogP contribution in [0.2, 0.25) is 23.7 Å². The van der Waals surface area contributed by atoms with Crippen molar-refractivity contribution in [3.63, 3.8) is 0 Å². The van der Waals surface area contributed by atoms with E-state index in [4.69, 9.17) is 0 Å². The molecule has 0 saturated heterocycles. The minimum absolute atomic E-state index is 0.0414. The number of carbonyl (C=O) groups is 1. The van der Waals surface area contributed by atoms with E-state index in [1.165, 1.54) is 12.0 Å². The van der Waals surface area contributed by atoms with Crippen LogP contribution in [0.25, 0.3) is 0 Å². The van der Waals surface area contributed by atoms with E-state index in [9.17, 15) is 9.90 Å². The smallest absolute Gasteiger partial charge is 0.137 e. The molecule has 4 aliphatic carbocycles. The van der Waals surface area contributed by atoms with E-state index in [0.717, 1.165) is 37.7 Å². The number of allylic oxidation sites excluding steroid dienone is 2. The minimum atomic E-state index is -1.76. The number of thiophene rings is 1. The zero-order valence-corrected chi connectivity index (χ0v) is 23.6. The summed E-state index contributed by atoms with van der Waals surface area (Å²) in [5, 5.41) is 16.5. The summed E-state index contributed by atoms with van der Waals surface area (Å²) < 4.78 is 0. The summed E-state index contributed by atoms with van der Waals surface area (Å²) >= 11 is 1.71. The van der Waals surface area contributed by atoms with Gasteiger partial charge in [0.2, 0.25) is 0 Å². The Morgan fingerprint density at radius 2 is 1.82 bits per heavy atom. The maximum Gasteiger partial charge on any atom is 0.137 e. The summed E-state index contributed by atoms with van der Waals surface area (Å²) in [6.07, 6.45) is 9.66. The van der Waals surface area contributed by atoms with E-state index in [-0.39, 0.29) is 21.4 Å². The van der Waals surface area contributed by atoms with Crippen LogP contribution in [0.15, 0.2) is 28.5 Å². The van der Waals surface area contributed by atoms with Gasteiger partial charge < -0.3 is 5.11 Å². The molecule has 3 saturated carbocycles. The van der Waals surface area contributed by atoms with Gasteiger partial charge in [-0.3, -0.25) is 4.79 Å². The highest BCUT2D eigenvalue weighted by Gasteiger charge is 2.65. The van der Waals surface area contributed by atoms with Crippen LogP contribution < -0.4 is 0 Å². The molecule has 0 aromatic carbocycles. The van der Waals surface area contributed by atoms with E-state index in [2.05, 4.69) is 70.6 Å². The van der Waals surface area contributed by atoms with Crippen molar-refractivity contribution in [2.75, 3.05) is 0 Å². The SMILES string of the molecule is CC(C)(C)[Si](C)(C)C1C[C@@]2(C)C(=CC[C@@H]3[C@@H]2CC[C@@]2(C)[C@H]3CCC2(O)c2ccsc2)CC1=O. The third-order valence-electron chi connectivity index (χ3n) is 12.0. The Bertz CT molecular complexity index is 972. The van der Waals surface area contributed by atoms with Gasteiger partial charge in [-0.2, -0.15) is 11.3 Å². The second-order valence-corrected chi connectivity index (χ2v) is 20.4. The fourth-order valence-electron chi connectivity index (χ4n) is 8.73. The lowest BCUT2D eigenvalue weighted by Crippen LogP contribution is -2.56. The Morgan fingerprint density at radius 3 is 2.45 bits per heavy atom. The molecule has 0 bridgehead atoms. The molecular formula is C29H44O2SSi. The lowest BCUT2D eigenvalue weighted by atomic mass is 9.46. The molecule has 5 rings (SSSR count). The van der Waals surface area contributed by atoms with E-state index in [0.29, 0.717) is 30.0 Å². The molecule has 4 aliphatic rings. The van der Waals surface area contributed by atoms with E-state index in [1.54, 1.807) is 11.3 Å². The quantitative estimate of drug-likeness (QED) is 0.341. The van der Waals surface area contributed by atoms with Crippen LogP contribution in [-0.2, 0) is 10.4 Å². The van der Waals surface area contributed by atoms with Gasteiger partial charge in [-0.15, -0.1) is 0 Å². The second-order valence-electron chi connectivity index (χ2n) is 14.0. The number of hydrogen-bond acceptors (Lipinski definition) is 3. The third-order valence-corrected chi connectivity index (χ3v) is 18.8. The molecule has 7 atom stereocenters. The first-order chi connectivity index (χ1) is 15.3. The van der Waals surface area contributed by atoms with Crippen molar-refractivity contribution in [3.05, 3.63) is 34.0 Å². The molecule has 2 unspecified atom stereocenters. The Labute approximate surface area is 206 Å². The zero-order valence-electron chi connectivity index (χ0n) is 21.8. The molecule has 0 amide bonds. The zero-order chi connectivity index (χ0) is 24.0. The number of fused-ring (bicyclic) bond motifs is 5. The Morgan fingerprint density at radius 1 is 1.12 bits per heavy atom. The molecule has 4 heteroatoms. The number of ketones is 1. The molecule has 1 aromatic rings. The summed E-state index contributed by atoms with van der Waals surface area (Å²) in [7, 11) is -1.76. The first-order valence-corrected chi connectivity index (χ1v) is 17.2. The molecule has 3 fully saturated rings. The molecule has 1 aromatic heterocycles. The molecule has 0 radical (unpaired) electrons. The van der Waals surface area contributed by atoms with Crippen LogP contribution in [0.5, 0.6) is 0 Å². The topological polar surface area (TPSA) is 37.3 Å². The highest BCUT2D eigenvalue weighted by molar-refractivity contribution is 7.08. The van der Waals surface area contributed by atoms with Crippen molar-refractivity contribution in [3.8, 4) is 0 Å². The molecular weight excluding hydrogens is 440 g/mol. The standard InChI is InChI=1S/C29H44O2SSi/c1-26(2,3)33(6,7)25-17-27(4)19(16-24(25)30)8-9-21-22(27)10-13-28(5)23(21)11-14-29(28,31)20-12-15-32-18-20/h8,12,15,18,21-23,25,31H,9-11,13-14,16-17H2,1-7H3/t21-,22+,23+,25?,27+,28+,29?/m1/s1. The van der Waals surface area contributed by atoms with Gasteiger partial charge in [0.05, 0.1) is 13.7 Å². The van der Waals surface area contributed by atoms with Crippen LogP contribution >= 0.6 is 11.3 Å². The summed E-state index contributed by atoms with van der Waals surface area (Å²) in [6.45, 7) is 16.9. The molecule has 2 nitrogen and oxygen atoms in total. The maximum absolute atomic E-state index is 13.5. The average molecular weight is 485 g/mol. The van der Waals surface area contributed by atoms with E-state index in [1.807, 2.05) is 0 Å². The van der Waals surface area contributed by atoms with E-state index < -0.39 is 13.7 Å². The van der Waals surface area contributed by atoms with E-state index >= 15 is 0 Å². The van der Waals surface area contributed by atoms with Gasteiger partial charge in [0, 0.05) is 17.4 Å². The molecule has 182 valence electrons. The minimum Gasteiger partial charge on any atom is -0.385 e.